The Labute approximate surface area is 142 Å². The minimum absolute atomic E-state index is 0.0169. The van der Waals surface area contributed by atoms with E-state index < -0.39 is 10.0 Å². The van der Waals surface area contributed by atoms with E-state index in [2.05, 4.69) is 10.8 Å². The topological polar surface area (TPSA) is 66.5 Å². The number of rotatable bonds is 8. The molecule has 0 aromatic carbocycles. The van der Waals surface area contributed by atoms with Crippen LogP contribution in [0.3, 0.4) is 0 Å². The van der Waals surface area contributed by atoms with E-state index in [4.69, 9.17) is 0 Å². The van der Waals surface area contributed by atoms with Gasteiger partial charge in [-0.3, -0.25) is 4.79 Å². The smallest absolute Gasteiger partial charge is 0.250 e. The van der Waals surface area contributed by atoms with Crippen molar-refractivity contribution in [2.24, 2.45) is 0 Å². The fraction of sp³-hybridized carbons (Fsp3) is 0.562. The zero-order valence-corrected chi connectivity index (χ0v) is 15.1. The first-order chi connectivity index (χ1) is 11.0. The van der Waals surface area contributed by atoms with E-state index in [1.54, 1.807) is 22.4 Å². The number of amides is 1. The van der Waals surface area contributed by atoms with Crippen LogP contribution in [-0.2, 0) is 14.8 Å². The fourth-order valence-electron chi connectivity index (χ4n) is 2.64. The van der Waals surface area contributed by atoms with Gasteiger partial charge in [0, 0.05) is 26.6 Å². The molecule has 7 heteroatoms. The van der Waals surface area contributed by atoms with Crippen LogP contribution in [0.25, 0.3) is 0 Å². The van der Waals surface area contributed by atoms with Gasteiger partial charge in [-0.1, -0.05) is 17.7 Å². The summed E-state index contributed by atoms with van der Waals surface area (Å²) in [6.07, 6.45) is 7.91. The van der Waals surface area contributed by atoms with Gasteiger partial charge in [-0.25, -0.2) is 13.1 Å². The molecule has 0 aliphatic heterocycles. The second-order valence-corrected chi connectivity index (χ2v) is 8.64. The van der Waals surface area contributed by atoms with Gasteiger partial charge in [0.25, 0.3) is 0 Å². The third-order valence-electron chi connectivity index (χ3n) is 3.97. The summed E-state index contributed by atoms with van der Waals surface area (Å²) in [6, 6.07) is 3.28. The lowest BCUT2D eigenvalue weighted by Crippen LogP contribution is -2.38. The summed E-state index contributed by atoms with van der Waals surface area (Å²) in [5, 5.41) is 1.73. The predicted octanol–water partition coefficient (Wildman–Crippen LogP) is 2.77. The highest BCUT2D eigenvalue weighted by Gasteiger charge is 2.16. The average Bonchev–Trinajstić information content (AvgIpc) is 3.06. The maximum absolute atomic E-state index is 12.0. The maximum atomic E-state index is 12.0. The van der Waals surface area contributed by atoms with Crippen molar-refractivity contribution in [3.8, 4) is 0 Å². The Balaban J connectivity index is 1.80. The zero-order chi connectivity index (χ0) is 16.7. The first-order valence-electron chi connectivity index (χ1n) is 7.95. The maximum Gasteiger partial charge on any atom is 0.250 e. The van der Waals surface area contributed by atoms with Crippen LogP contribution in [0.4, 0.5) is 0 Å². The number of carbonyl (C=O) groups excluding carboxylic acids is 1. The van der Waals surface area contributed by atoms with Gasteiger partial charge in [0.05, 0.1) is 0 Å². The molecule has 0 saturated heterocycles. The Morgan fingerprint density at radius 3 is 2.78 bits per heavy atom. The Morgan fingerprint density at radius 2 is 2.17 bits per heavy atom. The van der Waals surface area contributed by atoms with Crippen molar-refractivity contribution in [1.29, 1.82) is 0 Å². The molecule has 1 aliphatic rings. The van der Waals surface area contributed by atoms with Crippen molar-refractivity contribution in [2.75, 3.05) is 19.6 Å². The second-order valence-electron chi connectivity index (χ2n) is 5.69. The predicted molar refractivity (Wildman–Crippen MR) is 92.9 cm³/mol. The van der Waals surface area contributed by atoms with E-state index in [9.17, 15) is 13.2 Å². The molecular formula is C16H24N2O3S2. The van der Waals surface area contributed by atoms with E-state index >= 15 is 0 Å². The molecule has 1 amide bonds. The Kier molecular flexibility index (Phi) is 6.80. The van der Waals surface area contributed by atoms with Gasteiger partial charge in [-0.15, -0.1) is 11.3 Å². The zero-order valence-electron chi connectivity index (χ0n) is 13.5. The van der Waals surface area contributed by atoms with Gasteiger partial charge in [0.15, 0.2) is 0 Å². The first-order valence-corrected chi connectivity index (χ1v) is 10.3. The molecule has 1 heterocycles. The van der Waals surface area contributed by atoms with Crippen molar-refractivity contribution in [3.05, 3.63) is 29.2 Å². The number of nitrogens with one attached hydrogen (secondary N) is 1. The number of sulfonamides is 1. The molecule has 1 aromatic heterocycles. The summed E-state index contributed by atoms with van der Waals surface area (Å²) in [5.41, 5.74) is 1.42. The molecule has 5 nitrogen and oxygen atoms in total. The number of hydrogen-bond acceptors (Lipinski definition) is 4. The van der Waals surface area contributed by atoms with Gasteiger partial charge in [-0.05, 0) is 43.6 Å². The molecule has 2 rings (SSSR count). The third-order valence-corrected chi connectivity index (χ3v) is 6.83. The van der Waals surface area contributed by atoms with E-state index in [1.807, 2.05) is 0 Å². The van der Waals surface area contributed by atoms with Gasteiger partial charge in [0.2, 0.25) is 15.9 Å². The molecule has 0 atom stereocenters. The molecule has 0 saturated carbocycles. The molecule has 1 aromatic rings. The van der Waals surface area contributed by atoms with Gasteiger partial charge in [0.1, 0.15) is 4.21 Å². The number of carbonyl (C=O) groups is 1. The summed E-state index contributed by atoms with van der Waals surface area (Å²) in [7, 11) is -3.45. The van der Waals surface area contributed by atoms with Crippen LogP contribution in [-0.4, -0.2) is 38.9 Å². The quantitative estimate of drug-likeness (QED) is 0.728. The van der Waals surface area contributed by atoms with Gasteiger partial charge >= 0.3 is 0 Å². The largest absolute Gasteiger partial charge is 0.341 e. The summed E-state index contributed by atoms with van der Waals surface area (Å²) < 4.78 is 26.9. The van der Waals surface area contributed by atoms with E-state index in [0.717, 1.165) is 19.3 Å². The summed E-state index contributed by atoms with van der Waals surface area (Å²) >= 11 is 1.19. The molecule has 1 N–H and O–H groups in total. The highest BCUT2D eigenvalue weighted by Crippen LogP contribution is 2.20. The molecule has 1 aliphatic carbocycles. The molecular weight excluding hydrogens is 332 g/mol. The highest BCUT2D eigenvalue weighted by molar-refractivity contribution is 7.91. The van der Waals surface area contributed by atoms with E-state index in [1.165, 1.54) is 36.7 Å². The van der Waals surface area contributed by atoms with Crippen LogP contribution in [0.5, 0.6) is 0 Å². The number of hydrogen-bond donors (Lipinski definition) is 1. The minimum atomic E-state index is -3.45. The summed E-state index contributed by atoms with van der Waals surface area (Å²) in [6.45, 7) is 2.82. The molecule has 0 bridgehead atoms. The summed E-state index contributed by atoms with van der Waals surface area (Å²) in [4.78, 5) is 13.4. The van der Waals surface area contributed by atoms with Crippen molar-refractivity contribution < 1.29 is 13.2 Å². The Morgan fingerprint density at radius 1 is 1.35 bits per heavy atom. The van der Waals surface area contributed by atoms with Gasteiger partial charge in [-0.2, -0.15) is 0 Å². The first kappa shape index (κ1) is 18.2. The Bertz CT molecular complexity index is 636. The van der Waals surface area contributed by atoms with Crippen molar-refractivity contribution in [3.63, 3.8) is 0 Å². The molecule has 128 valence electrons. The van der Waals surface area contributed by atoms with Gasteiger partial charge < -0.3 is 4.90 Å². The lowest BCUT2D eigenvalue weighted by molar-refractivity contribution is -0.128. The second kappa shape index (κ2) is 8.61. The van der Waals surface area contributed by atoms with Crippen LogP contribution in [0.15, 0.2) is 33.4 Å². The van der Waals surface area contributed by atoms with Crippen LogP contribution < -0.4 is 4.72 Å². The van der Waals surface area contributed by atoms with Crippen molar-refractivity contribution in [1.82, 2.24) is 9.62 Å². The molecule has 23 heavy (non-hydrogen) atoms. The van der Waals surface area contributed by atoms with Crippen molar-refractivity contribution >= 4 is 27.3 Å². The fourth-order valence-corrected chi connectivity index (χ4v) is 4.70. The lowest BCUT2D eigenvalue weighted by Gasteiger charge is -2.22. The highest BCUT2D eigenvalue weighted by atomic mass is 32.2. The number of thiophene rings is 1. The summed E-state index contributed by atoms with van der Waals surface area (Å²) in [5.74, 6) is -0.0169. The lowest BCUT2D eigenvalue weighted by atomic mass is 9.97. The monoisotopic (exact) mass is 356 g/mol. The van der Waals surface area contributed by atoms with Crippen LogP contribution >= 0.6 is 11.3 Å². The minimum Gasteiger partial charge on any atom is -0.341 e. The normalized spacial score (nSPS) is 15.3. The average molecular weight is 357 g/mol. The standard InChI is InChI=1S/C16H24N2O3S2/c1-14(19)18(11-9-15-6-3-2-4-7-15)12-10-17-23(20,21)16-8-5-13-22-16/h5-6,8,13,17H,2-4,7,9-12H2,1H3. The van der Waals surface area contributed by atoms with Crippen LogP contribution in [0.1, 0.15) is 39.0 Å². The van der Waals surface area contributed by atoms with E-state index in [-0.39, 0.29) is 12.5 Å². The SMILES string of the molecule is CC(=O)N(CCNS(=O)(=O)c1cccs1)CCC1=CCCCC1. The third kappa shape index (κ3) is 5.75. The number of nitrogens with zero attached hydrogens (tertiary/aromatic N) is 1. The van der Waals surface area contributed by atoms with Crippen LogP contribution in [0, 0.1) is 0 Å². The number of allylic oxidation sites excluding steroid dienone is 1. The van der Waals surface area contributed by atoms with Crippen molar-refractivity contribution in [2.45, 2.75) is 43.2 Å². The molecule has 0 unspecified atom stereocenters. The van der Waals surface area contributed by atoms with Crippen LogP contribution in [0.2, 0.25) is 0 Å². The molecule has 0 radical (unpaired) electrons. The molecule has 0 fully saturated rings. The Hall–Kier alpha value is -1.18. The van der Waals surface area contributed by atoms with E-state index in [0.29, 0.717) is 17.3 Å². The molecule has 0 spiro atoms.